The van der Waals surface area contributed by atoms with Crippen LogP contribution in [-0.4, -0.2) is 0 Å². The lowest BCUT2D eigenvalue weighted by atomic mass is 9.97. The van der Waals surface area contributed by atoms with E-state index < -0.39 is 0 Å². The molecule has 1 atom stereocenters. The van der Waals surface area contributed by atoms with E-state index in [2.05, 4.69) is 13.0 Å². The van der Waals surface area contributed by atoms with Gasteiger partial charge in [0.2, 0.25) is 0 Å². The fourth-order valence-corrected chi connectivity index (χ4v) is 2.12. The van der Waals surface area contributed by atoms with E-state index in [1.165, 1.54) is 24.3 Å². The number of hydrogen-bond donors (Lipinski definition) is 0. The maximum atomic E-state index is 12.8. The molecule has 2 aromatic rings. The molecule has 0 spiro atoms. The van der Waals surface area contributed by atoms with Gasteiger partial charge in [-0.25, -0.2) is 8.78 Å². The van der Waals surface area contributed by atoms with Crippen molar-refractivity contribution in [1.29, 1.82) is 0 Å². The Labute approximate surface area is 118 Å². The van der Waals surface area contributed by atoms with Crippen LogP contribution >= 0.6 is 0 Å². The molecule has 0 radical (unpaired) electrons. The maximum Gasteiger partial charge on any atom is 0.123 e. The largest absolute Gasteiger partial charge is 0.207 e. The van der Waals surface area contributed by atoms with Crippen molar-refractivity contribution in [3.05, 3.63) is 77.4 Å². The van der Waals surface area contributed by atoms with E-state index in [0.717, 1.165) is 24.0 Å². The van der Waals surface area contributed by atoms with Gasteiger partial charge in [0.1, 0.15) is 11.6 Å². The van der Waals surface area contributed by atoms with Crippen LogP contribution < -0.4 is 0 Å². The zero-order chi connectivity index (χ0) is 14.4. The first-order chi connectivity index (χ1) is 9.63. The molecule has 0 aliphatic heterocycles. The van der Waals surface area contributed by atoms with Crippen LogP contribution in [-0.2, 0) is 6.42 Å². The number of benzene rings is 2. The summed E-state index contributed by atoms with van der Waals surface area (Å²) in [5.74, 6) is 0.0709. The Hall–Kier alpha value is -1.96. The lowest BCUT2D eigenvalue weighted by Crippen LogP contribution is -1.98. The Bertz CT molecular complexity index is 553. The Morgan fingerprint density at radius 1 is 0.900 bits per heavy atom. The molecule has 0 N–H and O–H groups in total. The summed E-state index contributed by atoms with van der Waals surface area (Å²) in [7, 11) is 0. The smallest absolute Gasteiger partial charge is 0.123 e. The van der Waals surface area contributed by atoms with Crippen LogP contribution in [0.25, 0.3) is 6.08 Å². The van der Waals surface area contributed by atoms with Gasteiger partial charge in [-0.05, 0) is 54.2 Å². The molecule has 0 bridgehead atoms. The second kappa shape index (κ2) is 6.99. The third-order valence-electron chi connectivity index (χ3n) is 3.22. The summed E-state index contributed by atoms with van der Waals surface area (Å²) >= 11 is 0. The van der Waals surface area contributed by atoms with Gasteiger partial charge in [-0.2, -0.15) is 0 Å². The van der Waals surface area contributed by atoms with Gasteiger partial charge >= 0.3 is 0 Å². The first kappa shape index (κ1) is 14.4. The van der Waals surface area contributed by atoms with Crippen molar-refractivity contribution in [2.24, 2.45) is 5.92 Å². The molecule has 0 aliphatic rings. The van der Waals surface area contributed by atoms with Gasteiger partial charge in [-0.1, -0.05) is 43.3 Å². The number of hydrogen-bond acceptors (Lipinski definition) is 0. The molecule has 0 saturated heterocycles. The molecule has 0 fully saturated rings. The topological polar surface area (TPSA) is 0 Å². The average Bonchev–Trinajstić information content (AvgIpc) is 2.44. The van der Waals surface area contributed by atoms with E-state index >= 15 is 0 Å². The summed E-state index contributed by atoms with van der Waals surface area (Å²) < 4.78 is 25.6. The van der Waals surface area contributed by atoms with Crippen molar-refractivity contribution >= 4 is 6.08 Å². The third-order valence-corrected chi connectivity index (χ3v) is 3.22. The lowest BCUT2D eigenvalue weighted by Gasteiger charge is -2.08. The van der Waals surface area contributed by atoms with Gasteiger partial charge in [0.15, 0.2) is 0 Å². The molecule has 0 nitrogen and oxygen atoms in total. The summed E-state index contributed by atoms with van der Waals surface area (Å²) in [4.78, 5) is 0. The van der Waals surface area contributed by atoms with Gasteiger partial charge in [0.05, 0.1) is 0 Å². The van der Waals surface area contributed by atoms with Crippen molar-refractivity contribution in [2.75, 3.05) is 0 Å². The van der Waals surface area contributed by atoms with Crippen molar-refractivity contribution in [3.8, 4) is 0 Å². The number of rotatable bonds is 5. The molecule has 0 heterocycles. The lowest BCUT2D eigenvalue weighted by molar-refractivity contribution is 0.587. The molecule has 0 amide bonds. The zero-order valence-corrected chi connectivity index (χ0v) is 11.5. The molecular formula is C18H18F2. The molecule has 2 aromatic carbocycles. The van der Waals surface area contributed by atoms with Gasteiger partial charge in [-0.3, -0.25) is 0 Å². The van der Waals surface area contributed by atoms with Crippen LogP contribution in [0.1, 0.15) is 24.5 Å². The van der Waals surface area contributed by atoms with Gasteiger partial charge in [0, 0.05) is 0 Å². The van der Waals surface area contributed by atoms with E-state index in [-0.39, 0.29) is 11.6 Å². The molecule has 0 saturated carbocycles. The monoisotopic (exact) mass is 272 g/mol. The van der Waals surface area contributed by atoms with Crippen LogP contribution in [0.15, 0.2) is 54.6 Å². The van der Waals surface area contributed by atoms with E-state index in [0.29, 0.717) is 5.92 Å². The fourth-order valence-electron chi connectivity index (χ4n) is 2.12. The molecule has 1 unspecified atom stereocenters. The second-order valence-corrected chi connectivity index (χ2v) is 5.13. The summed E-state index contributed by atoms with van der Waals surface area (Å²) in [5.41, 5.74) is 2.15. The summed E-state index contributed by atoms with van der Waals surface area (Å²) in [6, 6.07) is 13.1. The van der Waals surface area contributed by atoms with Crippen LogP contribution in [0.5, 0.6) is 0 Å². The normalized spacial score (nSPS) is 12.8. The highest BCUT2D eigenvalue weighted by molar-refractivity contribution is 5.48. The molecule has 2 heteroatoms. The molecule has 0 aliphatic carbocycles. The van der Waals surface area contributed by atoms with E-state index in [4.69, 9.17) is 0 Å². The SMILES string of the molecule is CC(CC=Cc1ccc(F)cc1)Cc1ccc(F)cc1. The average molecular weight is 272 g/mol. The molecule has 104 valence electrons. The maximum absolute atomic E-state index is 12.8. The molecular weight excluding hydrogens is 254 g/mol. The van der Waals surface area contributed by atoms with E-state index in [9.17, 15) is 8.78 Å². The van der Waals surface area contributed by atoms with E-state index in [1.54, 1.807) is 12.1 Å². The Morgan fingerprint density at radius 3 is 2.05 bits per heavy atom. The summed E-state index contributed by atoms with van der Waals surface area (Å²) in [5, 5.41) is 0. The van der Waals surface area contributed by atoms with Crippen molar-refractivity contribution in [3.63, 3.8) is 0 Å². The predicted molar refractivity (Wildman–Crippen MR) is 79.3 cm³/mol. The Balaban J connectivity index is 1.84. The number of halogens is 2. The Kier molecular flexibility index (Phi) is 5.05. The van der Waals surface area contributed by atoms with Gasteiger partial charge in [0.25, 0.3) is 0 Å². The standard InChI is InChI=1S/C18H18F2/c1-14(13-16-7-11-18(20)12-8-16)3-2-4-15-5-9-17(19)10-6-15/h2,4-12,14H,3,13H2,1H3. The fraction of sp³-hybridized carbons (Fsp3) is 0.222. The first-order valence-corrected chi connectivity index (χ1v) is 6.80. The van der Waals surface area contributed by atoms with Gasteiger partial charge in [-0.15, -0.1) is 0 Å². The Morgan fingerprint density at radius 2 is 1.45 bits per heavy atom. The molecule has 0 aromatic heterocycles. The van der Waals surface area contributed by atoms with Crippen LogP contribution in [0.3, 0.4) is 0 Å². The van der Waals surface area contributed by atoms with Crippen molar-refractivity contribution in [1.82, 2.24) is 0 Å². The second-order valence-electron chi connectivity index (χ2n) is 5.13. The first-order valence-electron chi connectivity index (χ1n) is 6.80. The number of allylic oxidation sites excluding steroid dienone is 1. The molecule has 20 heavy (non-hydrogen) atoms. The predicted octanol–water partition coefficient (Wildman–Crippen LogP) is 5.25. The molecule has 2 rings (SSSR count). The van der Waals surface area contributed by atoms with Crippen molar-refractivity contribution < 1.29 is 8.78 Å². The highest BCUT2D eigenvalue weighted by Crippen LogP contribution is 2.14. The van der Waals surface area contributed by atoms with Crippen molar-refractivity contribution in [2.45, 2.75) is 19.8 Å². The minimum absolute atomic E-state index is 0.197. The minimum atomic E-state index is -0.216. The summed E-state index contributed by atoms with van der Waals surface area (Å²) in [6.07, 6.45) is 5.96. The van der Waals surface area contributed by atoms with E-state index in [1.807, 2.05) is 18.2 Å². The van der Waals surface area contributed by atoms with Crippen LogP contribution in [0.2, 0.25) is 0 Å². The highest BCUT2D eigenvalue weighted by atomic mass is 19.1. The third kappa shape index (κ3) is 4.61. The quantitative estimate of drug-likeness (QED) is 0.697. The van der Waals surface area contributed by atoms with Crippen LogP contribution in [0, 0.1) is 17.6 Å². The summed E-state index contributed by atoms with van der Waals surface area (Å²) in [6.45, 7) is 2.17. The van der Waals surface area contributed by atoms with Crippen LogP contribution in [0.4, 0.5) is 8.78 Å². The zero-order valence-electron chi connectivity index (χ0n) is 11.5. The minimum Gasteiger partial charge on any atom is -0.207 e. The van der Waals surface area contributed by atoms with Gasteiger partial charge < -0.3 is 0 Å². The highest BCUT2D eigenvalue weighted by Gasteiger charge is 2.02.